The number of carbonyl (C=O) groups is 1. The summed E-state index contributed by atoms with van der Waals surface area (Å²) in [6.07, 6.45) is 1.80. The van der Waals surface area contributed by atoms with Crippen LogP contribution in [0.1, 0.15) is 38.2 Å². The van der Waals surface area contributed by atoms with E-state index in [1.165, 1.54) is 0 Å². The van der Waals surface area contributed by atoms with Crippen molar-refractivity contribution in [1.82, 2.24) is 4.98 Å². The minimum absolute atomic E-state index is 0.134. The molecule has 0 unspecified atom stereocenters. The molecule has 76 valence electrons. The molecule has 0 saturated heterocycles. The standard InChI is InChI=1S/C12H17NO/c1-11(2)10(12(11,3)4)9(14)8-6-5-7-13-8/h5-7,10,13H,1-4H3. The van der Waals surface area contributed by atoms with Gasteiger partial charge in [0.1, 0.15) is 0 Å². The minimum atomic E-state index is 0.134. The first-order valence-electron chi connectivity index (χ1n) is 5.06. The fourth-order valence-corrected chi connectivity index (χ4v) is 2.49. The van der Waals surface area contributed by atoms with Gasteiger partial charge in [-0.2, -0.15) is 0 Å². The van der Waals surface area contributed by atoms with Crippen LogP contribution in [0.15, 0.2) is 18.3 Å². The second kappa shape index (κ2) is 2.50. The molecule has 1 fully saturated rings. The van der Waals surface area contributed by atoms with Crippen molar-refractivity contribution in [1.29, 1.82) is 0 Å². The highest BCUT2D eigenvalue weighted by molar-refractivity contribution is 5.99. The number of aromatic amines is 1. The zero-order valence-corrected chi connectivity index (χ0v) is 9.22. The summed E-state index contributed by atoms with van der Waals surface area (Å²) in [7, 11) is 0. The summed E-state index contributed by atoms with van der Waals surface area (Å²) in [4.78, 5) is 15.1. The summed E-state index contributed by atoms with van der Waals surface area (Å²) >= 11 is 0. The van der Waals surface area contributed by atoms with Gasteiger partial charge in [0.2, 0.25) is 0 Å². The van der Waals surface area contributed by atoms with Gasteiger partial charge in [0.15, 0.2) is 5.78 Å². The highest BCUT2D eigenvalue weighted by Gasteiger charge is 2.68. The third kappa shape index (κ3) is 0.999. The SMILES string of the molecule is CC1(C)C(C(=O)c2ccc[nH]2)C1(C)C. The quantitative estimate of drug-likeness (QED) is 0.716. The van der Waals surface area contributed by atoms with Crippen LogP contribution in [-0.4, -0.2) is 10.8 Å². The Balaban J connectivity index is 2.25. The third-order valence-corrected chi connectivity index (χ3v) is 4.15. The summed E-state index contributed by atoms with van der Waals surface area (Å²) in [5, 5.41) is 0. The van der Waals surface area contributed by atoms with E-state index in [1.807, 2.05) is 12.1 Å². The molecule has 2 rings (SSSR count). The van der Waals surface area contributed by atoms with Crippen molar-refractivity contribution >= 4 is 5.78 Å². The van der Waals surface area contributed by atoms with E-state index in [1.54, 1.807) is 6.20 Å². The molecule has 0 spiro atoms. The van der Waals surface area contributed by atoms with Crippen molar-refractivity contribution < 1.29 is 4.79 Å². The highest BCUT2D eigenvalue weighted by atomic mass is 16.1. The zero-order valence-electron chi connectivity index (χ0n) is 9.22. The number of carbonyl (C=O) groups excluding carboxylic acids is 1. The maximum atomic E-state index is 12.1. The largest absolute Gasteiger partial charge is 0.359 e. The van der Waals surface area contributed by atoms with Gasteiger partial charge < -0.3 is 4.98 Å². The molecule has 0 amide bonds. The normalized spacial score (nSPS) is 23.4. The van der Waals surface area contributed by atoms with E-state index in [2.05, 4.69) is 32.7 Å². The topological polar surface area (TPSA) is 32.9 Å². The Morgan fingerprint density at radius 3 is 2.21 bits per heavy atom. The first-order valence-corrected chi connectivity index (χ1v) is 5.06. The second-order valence-corrected chi connectivity index (χ2v) is 5.32. The Hall–Kier alpha value is -1.05. The first-order chi connectivity index (χ1) is 6.39. The van der Waals surface area contributed by atoms with Crippen molar-refractivity contribution in [3.8, 4) is 0 Å². The van der Waals surface area contributed by atoms with Gasteiger partial charge in [-0.3, -0.25) is 4.79 Å². The Morgan fingerprint density at radius 2 is 1.86 bits per heavy atom. The van der Waals surface area contributed by atoms with Gasteiger partial charge in [-0.15, -0.1) is 0 Å². The van der Waals surface area contributed by atoms with Crippen LogP contribution in [-0.2, 0) is 0 Å². The molecule has 0 radical (unpaired) electrons. The molecule has 1 heterocycles. The lowest BCUT2D eigenvalue weighted by atomic mass is 10.0. The Kier molecular flexibility index (Phi) is 1.70. The summed E-state index contributed by atoms with van der Waals surface area (Å²) in [5.41, 5.74) is 1.01. The number of H-pyrrole nitrogens is 1. The molecule has 0 aliphatic heterocycles. The average molecular weight is 191 g/mol. The molecule has 1 saturated carbocycles. The fourth-order valence-electron chi connectivity index (χ4n) is 2.49. The van der Waals surface area contributed by atoms with Crippen LogP contribution in [0.25, 0.3) is 0 Å². The smallest absolute Gasteiger partial charge is 0.183 e. The average Bonchev–Trinajstić information content (AvgIpc) is 2.53. The number of Topliss-reactive ketones (excluding diaryl/α,β-unsaturated/α-hetero) is 1. The van der Waals surface area contributed by atoms with Crippen LogP contribution in [0.2, 0.25) is 0 Å². The van der Waals surface area contributed by atoms with Crippen LogP contribution >= 0.6 is 0 Å². The predicted octanol–water partition coefficient (Wildman–Crippen LogP) is 2.88. The molecular weight excluding hydrogens is 174 g/mol. The van der Waals surface area contributed by atoms with Crippen LogP contribution in [0.5, 0.6) is 0 Å². The number of rotatable bonds is 2. The lowest BCUT2D eigenvalue weighted by molar-refractivity contribution is 0.0941. The monoisotopic (exact) mass is 191 g/mol. The lowest BCUT2D eigenvalue weighted by Gasteiger charge is -2.03. The maximum Gasteiger partial charge on any atom is 0.183 e. The second-order valence-electron chi connectivity index (χ2n) is 5.32. The fraction of sp³-hybridized carbons (Fsp3) is 0.583. The van der Waals surface area contributed by atoms with Gasteiger partial charge in [0.25, 0.3) is 0 Å². The van der Waals surface area contributed by atoms with Gasteiger partial charge in [0.05, 0.1) is 5.69 Å². The van der Waals surface area contributed by atoms with Crippen molar-refractivity contribution in [3.05, 3.63) is 24.0 Å². The van der Waals surface area contributed by atoms with Crippen molar-refractivity contribution in [3.63, 3.8) is 0 Å². The summed E-state index contributed by atoms with van der Waals surface area (Å²) in [6.45, 7) is 8.66. The molecule has 0 aromatic carbocycles. The first kappa shape index (κ1) is 9.50. The number of ketones is 1. The van der Waals surface area contributed by atoms with Gasteiger partial charge in [0, 0.05) is 12.1 Å². The summed E-state index contributed by atoms with van der Waals surface area (Å²) in [6, 6.07) is 3.72. The van der Waals surface area contributed by atoms with Crippen LogP contribution in [0.3, 0.4) is 0 Å². The number of aromatic nitrogens is 1. The molecular formula is C12H17NO. The van der Waals surface area contributed by atoms with E-state index in [0.29, 0.717) is 0 Å². The Labute approximate surface area is 84.7 Å². The zero-order chi connectivity index (χ0) is 10.6. The van der Waals surface area contributed by atoms with Crippen molar-refractivity contribution in [2.45, 2.75) is 27.7 Å². The molecule has 0 atom stereocenters. The van der Waals surface area contributed by atoms with E-state index in [0.717, 1.165) is 5.69 Å². The minimum Gasteiger partial charge on any atom is -0.359 e. The van der Waals surface area contributed by atoms with Crippen molar-refractivity contribution in [2.24, 2.45) is 16.7 Å². The summed E-state index contributed by atoms with van der Waals surface area (Å²) < 4.78 is 0. The molecule has 14 heavy (non-hydrogen) atoms. The predicted molar refractivity (Wildman–Crippen MR) is 56.2 cm³/mol. The third-order valence-electron chi connectivity index (χ3n) is 4.15. The van der Waals surface area contributed by atoms with E-state index in [-0.39, 0.29) is 22.5 Å². The molecule has 1 aliphatic carbocycles. The molecule has 1 aliphatic rings. The maximum absolute atomic E-state index is 12.1. The number of nitrogens with one attached hydrogen (secondary N) is 1. The van der Waals surface area contributed by atoms with Crippen LogP contribution in [0.4, 0.5) is 0 Å². The van der Waals surface area contributed by atoms with E-state index < -0.39 is 0 Å². The van der Waals surface area contributed by atoms with Gasteiger partial charge in [-0.25, -0.2) is 0 Å². The van der Waals surface area contributed by atoms with E-state index >= 15 is 0 Å². The van der Waals surface area contributed by atoms with Gasteiger partial charge >= 0.3 is 0 Å². The molecule has 1 aromatic heterocycles. The lowest BCUT2D eigenvalue weighted by Crippen LogP contribution is -2.07. The molecule has 1 aromatic rings. The molecule has 2 heteroatoms. The Morgan fingerprint density at radius 1 is 1.29 bits per heavy atom. The van der Waals surface area contributed by atoms with Crippen LogP contribution < -0.4 is 0 Å². The van der Waals surface area contributed by atoms with Gasteiger partial charge in [-0.05, 0) is 23.0 Å². The number of hydrogen-bond acceptors (Lipinski definition) is 1. The molecule has 2 nitrogen and oxygen atoms in total. The van der Waals surface area contributed by atoms with Crippen molar-refractivity contribution in [2.75, 3.05) is 0 Å². The van der Waals surface area contributed by atoms with Crippen LogP contribution in [0, 0.1) is 16.7 Å². The highest BCUT2D eigenvalue weighted by Crippen LogP contribution is 2.69. The van der Waals surface area contributed by atoms with Gasteiger partial charge in [-0.1, -0.05) is 27.7 Å². The van der Waals surface area contributed by atoms with E-state index in [4.69, 9.17) is 0 Å². The van der Waals surface area contributed by atoms with E-state index in [9.17, 15) is 4.79 Å². The Bertz CT molecular complexity index is 346. The summed E-state index contributed by atoms with van der Waals surface area (Å²) in [5.74, 6) is 0.415. The molecule has 1 N–H and O–H groups in total. The molecule has 0 bridgehead atoms. The number of hydrogen-bond donors (Lipinski definition) is 1.